The van der Waals surface area contributed by atoms with Crippen molar-refractivity contribution < 1.29 is 14.4 Å². The van der Waals surface area contributed by atoms with Crippen LogP contribution in [0.2, 0.25) is 0 Å². The number of fused-ring (bicyclic) bond motifs is 5. The number of aryl methyl sites for hydroxylation is 2. The number of nitrogens with one attached hydrogen (secondary N) is 1. The molecule has 1 aliphatic heterocycles. The molecule has 3 amide bonds. The van der Waals surface area contributed by atoms with Gasteiger partial charge in [-0.2, -0.15) is 0 Å². The highest BCUT2D eigenvalue weighted by Crippen LogP contribution is 2.56. The molecule has 0 radical (unpaired) electrons. The first-order valence-corrected chi connectivity index (χ1v) is 10.0. The van der Waals surface area contributed by atoms with Gasteiger partial charge >= 0.3 is 0 Å². The smallest absolute Gasteiger partial charge is 0.247 e. The summed E-state index contributed by atoms with van der Waals surface area (Å²) in [6.45, 7) is 5.56. The van der Waals surface area contributed by atoms with Crippen molar-refractivity contribution >= 4 is 39.3 Å². The van der Waals surface area contributed by atoms with E-state index in [1.807, 2.05) is 26.0 Å². The molecule has 0 spiro atoms. The van der Waals surface area contributed by atoms with Crippen LogP contribution in [0.15, 0.2) is 16.6 Å². The Morgan fingerprint density at radius 1 is 1.12 bits per heavy atom. The summed E-state index contributed by atoms with van der Waals surface area (Å²) in [5.41, 5.74) is 2.72. The molecule has 6 heteroatoms. The number of anilines is 1. The van der Waals surface area contributed by atoms with Gasteiger partial charge in [-0.25, -0.2) is 0 Å². The van der Waals surface area contributed by atoms with Gasteiger partial charge in [0.15, 0.2) is 0 Å². The molecule has 138 valence electrons. The van der Waals surface area contributed by atoms with Gasteiger partial charge in [-0.15, -0.1) is 0 Å². The molecule has 2 bridgehead atoms. The van der Waals surface area contributed by atoms with Crippen LogP contribution in [0.3, 0.4) is 0 Å². The molecular formula is C20H23BrN2O3. The Morgan fingerprint density at radius 3 is 2.12 bits per heavy atom. The summed E-state index contributed by atoms with van der Waals surface area (Å²) in [7, 11) is 0. The quantitative estimate of drug-likeness (QED) is 0.764. The van der Waals surface area contributed by atoms with E-state index < -0.39 is 6.04 Å². The first kappa shape index (κ1) is 17.7. The first-order chi connectivity index (χ1) is 12.3. The molecule has 1 aromatic carbocycles. The Labute approximate surface area is 161 Å². The topological polar surface area (TPSA) is 66.5 Å². The molecule has 26 heavy (non-hydrogen) atoms. The number of hydrogen-bond donors (Lipinski definition) is 1. The molecule has 0 aromatic heterocycles. The van der Waals surface area contributed by atoms with Crippen LogP contribution in [0.4, 0.5) is 5.69 Å². The minimum absolute atomic E-state index is 0.141. The van der Waals surface area contributed by atoms with Crippen molar-refractivity contribution in [1.29, 1.82) is 0 Å². The van der Waals surface area contributed by atoms with Crippen LogP contribution in [0.1, 0.15) is 37.3 Å². The highest BCUT2D eigenvalue weighted by atomic mass is 79.9. The number of benzene rings is 1. The highest BCUT2D eigenvalue weighted by molar-refractivity contribution is 9.10. The molecule has 1 N–H and O–H groups in total. The van der Waals surface area contributed by atoms with E-state index in [1.54, 1.807) is 6.92 Å². The Balaban J connectivity index is 1.52. The van der Waals surface area contributed by atoms with Gasteiger partial charge in [0, 0.05) is 10.2 Å². The van der Waals surface area contributed by atoms with E-state index in [1.165, 1.54) is 4.90 Å². The van der Waals surface area contributed by atoms with Crippen LogP contribution in [0.25, 0.3) is 0 Å². The van der Waals surface area contributed by atoms with Crippen molar-refractivity contribution in [2.45, 2.75) is 46.1 Å². The van der Waals surface area contributed by atoms with Gasteiger partial charge in [-0.1, -0.05) is 15.9 Å². The van der Waals surface area contributed by atoms with E-state index in [0.29, 0.717) is 17.5 Å². The number of carbonyl (C=O) groups excluding carboxylic acids is 3. The Kier molecular flexibility index (Phi) is 4.21. The third-order valence-corrected chi connectivity index (χ3v) is 7.68. The van der Waals surface area contributed by atoms with Crippen molar-refractivity contribution in [2.24, 2.45) is 23.7 Å². The molecule has 2 saturated carbocycles. The van der Waals surface area contributed by atoms with E-state index in [0.717, 1.165) is 34.9 Å². The lowest BCUT2D eigenvalue weighted by molar-refractivity contribution is -0.146. The maximum Gasteiger partial charge on any atom is 0.247 e. The SMILES string of the molecule is Cc1cc(NC(=O)[C@H](C)N2C(=O)[C@H]3[C@H]4CC[C@@H](C4)[C@@H]3C2=O)cc(C)c1Br. The van der Waals surface area contributed by atoms with Crippen molar-refractivity contribution in [3.63, 3.8) is 0 Å². The lowest BCUT2D eigenvalue weighted by atomic mass is 9.81. The van der Waals surface area contributed by atoms with Crippen LogP contribution < -0.4 is 5.32 Å². The van der Waals surface area contributed by atoms with Crippen molar-refractivity contribution in [2.75, 3.05) is 5.32 Å². The lowest BCUT2D eigenvalue weighted by Gasteiger charge is -2.24. The van der Waals surface area contributed by atoms with E-state index in [9.17, 15) is 14.4 Å². The predicted octanol–water partition coefficient (Wildman–Crippen LogP) is 3.42. The van der Waals surface area contributed by atoms with Crippen molar-refractivity contribution in [3.8, 4) is 0 Å². The van der Waals surface area contributed by atoms with E-state index in [2.05, 4.69) is 21.2 Å². The Morgan fingerprint density at radius 2 is 1.62 bits per heavy atom. The number of likely N-dealkylation sites (tertiary alicyclic amines) is 1. The van der Waals surface area contributed by atoms with Crippen LogP contribution >= 0.6 is 15.9 Å². The molecule has 5 atom stereocenters. The number of carbonyl (C=O) groups is 3. The summed E-state index contributed by atoms with van der Waals surface area (Å²) in [5.74, 6) is -0.310. The minimum atomic E-state index is -0.788. The fraction of sp³-hybridized carbons (Fsp3) is 0.550. The summed E-state index contributed by atoms with van der Waals surface area (Å²) >= 11 is 3.51. The minimum Gasteiger partial charge on any atom is -0.324 e. The molecule has 4 rings (SSSR count). The molecule has 1 heterocycles. The van der Waals surface area contributed by atoms with Gasteiger partial charge < -0.3 is 5.32 Å². The maximum atomic E-state index is 12.9. The largest absolute Gasteiger partial charge is 0.324 e. The molecule has 1 saturated heterocycles. The zero-order valence-corrected chi connectivity index (χ0v) is 16.8. The van der Waals surface area contributed by atoms with Gasteiger partial charge in [0.2, 0.25) is 17.7 Å². The molecule has 1 aromatic rings. The molecule has 3 aliphatic rings. The summed E-state index contributed by atoms with van der Waals surface area (Å²) in [5, 5.41) is 2.87. The molecule has 5 nitrogen and oxygen atoms in total. The average Bonchev–Trinajstić information content (AvgIpc) is 3.26. The Bertz CT molecular complexity index is 770. The number of amides is 3. The van der Waals surface area contributed by atoms with E-state index in [4.69, 9.17) is 0 Å². The zero-order chi connectivity index (χ0) is 18.7. The molecule has 0 unspecified atom stereocenters. The van der Waals surface area contributed by atoms with E-state index >= 15 is 0 Å². The molecule has 2 aliphatic carbocycles. The number of nitrogens with zero attached hydrogens (tertiary/aromatic N) is 1. The second kappa shape index (κ2) is 6.19. The summed E-state index contributed by atoms with van der Waals surface area (Å²) < 4.78 is 1.01. The van der Waals surface area contributed by atoms with Crippen LogP contribution in [0, 0.1) is 37.5 Å². The summed E-state index contributed by atoms with van der Waals surface area (Å²) in [6.07, 6.45) is 3.08. The summed E-state index contributed by atoms with van der Waals surface area (Å²) in [4.78, 5) is 39.7. The standard InChI is InChI=1S/C20H23BrN2O3/c1-9-6-14(7-10(2)17(9)21)22-18(24)11(3)23-19(25)15-12-4-5-13(8-12)16(15)20(23)26/h6-7,11-13,15-16H,4-5,8H2,1-3H3,(H,22,24)/t11-,12-,13-,15-,16-/m0/s1. The van der Waals surface area contributed by atoms with Crippen LogP contribution in [0.5, 0.6) is 0 Å². The van der Waals surface area contributed by atoms with Gasteiger partial charge in [0.1, 0.15) is 6.04 Å². The Hall–Kier alpha value is -1.69. The van der Waals surface area contributed by atoms with Gasteiger partial charge in [0.25, 0.3) is 0 Å². The monoisotopic (exact) mass is 418 g/mol. The fourth-order valence-electron chi connectivity index (χ4n) is 5.20. The zero-order valence-electron chi connectivity index (χ0n) is 15.2. The number of imide groups is 1. The number of rotatable bonds is 3. The predicted molar refractivity (Wildman–Crippen MR) is 101 cm³/mol. The second-order valence-electron chi connectivity index (χ2n) is 8.02. The van der Waals surface area contributed by atoms with Gasteiger partial charge in [0.05, 0.1) is 11.8 Å². The molecular weight excluding hydrogens is 396 g/mol. The number of halogens is 1. The van der Waals surface area contributed by atoms with Gasteiger partial charge in [-0.3, -0.25) is 19.3 Å². The van der Waals surface area contributed by atoms with Crippen molar-refractivity contribution in [3.05, 3.63) is 27.7 Å². The lowest BCUT2D eigenvalue weighted by Crippen LogP contribution is -2.46. The molecule has 3 fully saturated rings. The van der Waals surface area contributed by atoms with Crippen LogP contribution in [-0.4, -0.2) is 28.7 Å². The normalized spacial score (nSPS) is 30.7. The van der Waals surface area contributed by atoms with E-state index in [-0.39, 0.29) is 29.6 Å². The highest BCUT2D eigenvalue weighted by Gasteiger charge is 2.62. The number of hydrogen-bond acceptors (Lipinski definition) is 3. The summed E-state index contributed by atoms with van der Waals surface area (Å²) in [6, 6.07) is 2.97. The maximum absolute atomic E-state index is 12.9. The average molecular weight is 419 g/mol. The fourth-order valence-corrected chi connectivity index (χ4v) is 5.42. The third-order valence-electron chi connectivity index (χ3n) is 6.43. The van der Waals surface area contributed by atoms with Gasteiger partial charge in [-0.05, 0) is 75.1 Å². The van der Waals surface area contributed by atoms with Crippen molar-refractivity contribution in [1.82, 2.24) is 4.90 Å². The first-order valence-electron chi connectivity index (χ1n) is 9.24. The third kappa shape index (κ3) is 2.53. The van der Waals surface area contributed by atoms with Crippen LogP contribution in [-0.2, 0) is 14.4 Å². The second-order valence-corrected chi connectivity index (χ2v) is 8.81.